The summed E-state index contributed by atoms with van der Waals surface area (Å²) in [5.74, 6) is -1.17. The van der Waals surface area contributed by atoms with Crippen molar-refractivity contribution in [1.82, 2.24) is 9.47 Å². The molecule has 2 aromatic rings. The van der Waals surface area contributed by atoms with E-state index in [-0.39, 0.29) is 23.6 Å². The number of carbonyl (C=O) groups is 1. The molecule has 0 radical (unpaired) electrons. The monoisotopic (exact) mass is 403 g/mol. The first-order chi connectivity index (χ1) is 14.0. The molecule has 8 heteroatoms. The molecule has 0 atom stereocenters. The number of halogens is 1. The third-order valence-corrected chi connectivity index (χ3v) is 5.79. The molecule has 29 heavy (non-hydrogen) atoms. The van der Waals surface area contributed by atoms with Gasteiger partial charge in [-0.05, 0) is 26.0 Å². The van der Waals surface area contributed by atoms with Crippen molar-refractivity contribution in [3.05, 3.63) is 39.4 Å². The standard InChI is InChI=1S/C21H26FN3O4/c1-23-6-8-24(9-7-23)19-16(12-28-2)18-14(10-17(19)22)20(26)15(21(27)29-3)11-25(18)13-4-5-13/h10-11,13H,4-9,12H2,1-3H3. The third-order valence-electron chi connectivity index (χ3n) is 5.79. The smallest absolute Gasteiger partial charge is 0.343 e. The number of nitrogens with zero attached hydrogens (tertiary/aromatic N) is 3. The Kier molecular flexibility index (Phi) is 5.31. The number of carbonyl (C=O) groups excluding carboxylic acids is 1. The van der Waals surface area contributed by atoms with Gasteiger partial charge in [0.25, 0.3) is 0 Å². The van der Waals surface area contributed by atoms with Crippen LogP contribution in [0.4, 0.5) is 10.1 Å². The summed E-state index contributed by atoms with van der Waals surface area (Å²) in [4.78, 5) is 29.4. The lowest BCUT2D eigenvalue weighted by atomic mass is 10.0. The minimum atomic E-state index is -0.705. The summed E-state index contributed by atoms with van der Waals surface area (Å²) in [5, 5.41) is 0.197. The molecule has 0 unspecified atom stereocenters. The van der Waals surface area contributed by atoms with E-state index in [1.165, 1.54) is 13.2 Å². The number of piperazine rings is 1. The van der Waals surface area contributed by atoms with Gasteiger partial charge in [-0.3, -0.25) is 4.79 Å². The molecule has 1 saturated carbocycles. The van der Waals surface area contributed by atoms with Crippen LogP contribution < -0.4 is 10.3 Å². The lowest BCUT2D eigenvalue weighted by Gasteiger charge is -2.35. The largest absolute Gasteiger partial charge is 0.465 e. The fourth-order valence-corrected chi connectivity index (χ4v) is 4.11. The Labute approximate surface area is 168 Å². The quantitative estimate of drug-likeness (QED) is 0.713. The molecule has 2 heterocycles. The second-order valence-electron chi connectivity index (χ2n) is 7.81. The fourth-order valence-electron chi connectivity index (χ4n) is 4.11. The number of likely N-dealkylation sites (N-methyl/N-ethyl adjacent to an activating group) is 1. The van der Waals surface area contributed by atoms with Gasteiger partial charge in [0.1, 0.15) is 11.4 Å². The number of ether oxygens (including phenoxy) is 2. The molecule has 2 fully saturated rings. The molecule has 0 spiro atoms. The Morgan fingerprint density at radius 3 is 2.48 bits per heavy atom. The zero-order chi connectivity index (χ0) is 20.7. The van der Waals surface area contributed by atoms with Gasteiger partial charge in [-0.1, -0.05) is 0 Å². The maximum atomic E-state index is 15.4. The summed E-state index contributed by atoms with van der Waals surface area (Å²) in [6.45, 7) is 3.24. The molecule has 4 rings (SSSR count). The highest BCUT2D eigenvalue weighted by atomic mass is 19.1. The lowest BCUT2D eigenvalue weighted by molar-refractivity contribution is 0.0598. The predicted octanol–water partition coefficient (Wildman–Crippen LogP) is 2.16. The number of aromatic nitrogens is 1. The van der Waals surface area contributed by atoms with E-state index in [0.29, 0.717) is 29.9 Å². The maximum absolute atomic E-state index is 15.4. The Morgan fingerprint density at radius 1 is 1.21 bits per heavy atom. The summed E-state index contributed by atoms with van der Waals surface area (Å²) < 4.78 is 27.5. The van der Waals surface area contributed by atoms with Crippen molar-refractivity contribution in [2.45, 2.75) is 25.5 Å². The van der Waals surface area contributed by atoms with Crippen molar-refractivity contribution >= 4 is 22.6 Å². The van der Waals surface area contributed by atoms with E-state index >= 15 is 4.39 Å². The Balaban J connectivity index is 2.00. The van der Waals surface area contributed by atoms with Gasteiger partial charge in [0.15, 0.2) is 0 Å². The minimum absolute atomic E-state index is 0.0676. The van der Waals surface area contributed by atoms with E-state index in [9.17, 15) is 9.59 Å². The van der Waals surface area contributed by atoms with Crippen LogP contribution in [0.1, 0.15) is 34.8 Å². The first kappa shape index (κ1) is 19.8. The molecule has 7 nitrogen and oxygen atoms in total. The van der Waals surface area contributed by atoms with Crippen molar-refractivity contribution in [3.63, 3.8) is 0 Å². The van der Waals surface area contributed by atoms with Crippen molar-refractivity contribution in [2.24, 2.45) is 0 Å². The van der Waals surface area contributed by atoms with Crippen molar-refractivity contribution in [3.8, 4) is 0 Å². The normalized spacial score (nSPS) is 17.7. The molecular formula is C21H26FN3O4. The average Bonchev–Trinajstić information content (AvgIpc) is 3.54. The SMILES string of the molecule is COCc1c(N2CCN(C)CC2)c(F)cc2c(=O)c(C(=O)OC)cn(C3CC3)c12. The van der Waals surface area contributed by atoms with E-state index in [0.717, 1.165) is 25.9 Å². The highest BCUT2D eigenvalue weighted by Gasteiger charge is 2.31. The number of anilines is 1. The van der Waals surface area contributed by atoms with Gasteiger partial charge in [0.05, 0.1) is 24.9 Å². The van der Waals surface area contributed by atoms with E-state index in [1.807, 2.05) is 16.5 Å². The van der Waals surface area contributed by atoms with Gasteiger partial charge < -0.3 is 23.8 Å². The first-order valence-corrected chi connectivity index (χ1v) is 9.87. The van der Waals surface area contributed by atoms with Gasteiger partial charge >= 0.3 is 5.97 Å². The number of pyridine rings is 1. The van der Waals surface area contributed by atoms with Gasteiger partial charge in [0.2, 0.25) is 5.43 Å². The molecule has 1 aromatic heterocycles. The lowest BCUT2D eigenvalue weighted by Crippen LogP contribution is -2.45. The zero-order valence-electron chi connectivity index (χ0n) is 17.0. The van der Waals surface area contributed by atoms with Gasteiger partial charge in [-0.2, -0.15) is 0 Å². The van der Waals surface area contributed by atoms with E-state index in [4.69, 9.17) is 9.47 Å². The maximum Gasteiger partial charge on any atom is 0.343 e. The summed E-state index contributed by atoms with van der Waals surface area (Å²) in [6, 6.07) is 1.46. The molecule has 0 bridgehead atoms. The van der Waals surface area contributed by atoms with Crippen LogP contribution in [-0.2, 0) is 16.1 Å². The van der Waals surface area contributed by atoms with E-state index in [1.54, 1.807) is 13.3 Å². The van der Waals surface area contributed by atoms with Crippen molar-refractivity contribution in [2.75, 3.05) is 52.3 Å². The van der Waals surface area contributed by atoms with Crippen LogP contribution >= 0.6 is 0 Å². The molecule has 156 valence electrons. The highest BCUT2D eigenvalue weighted by Crippen LogP contribution is 2.40. The van der Waals surface area contributed by atoms with Crippen LogP contribution in [0.5, 0.6) is 0 Å². The van der Waals surface area contributed by atoms with Crippen LogP contribution in [0, 0.1) is 5.82 Å². The average molecular weight is 403 g/mol. The fraction of sp³-hybridized carbons (Fsp3) is 0.524. The number of hydrogen-bond donors (Lipinski definition) is 0. The van der Waals surface area contributed by atoms with Crippen LogP contribution in [0.25, 0.3) is 10.9 Å². The molecule has 1 saturated heterocycles. The number of rotatable bonds is 5. The van der Waals surface area contributed by atoms with Crippen LogP contribution in [0.2, 0.25) is 0 Å². The van der Waals surface area contributed by atoms with Crippen LogP contribution in [0.3, 0.4) is 0 Å². The summed E-state index contributed by atoms with van der Waals surface area (Å²) in [7, 11) is 4.84. The second-order valence-corrected chi connectivity index (χ2v) is 7.81. The van der Waals surface area contributed by atoms with E-state index < -0.39 is 17.2 Å². The number of benzene rings is 1. The molecular weight excluding hydrogens is 377 g/mol. The number of fused-ring (bicyclic) bond motifs is 1. The van der Waals surface area contributed by atoms with Crippen LogP contribution in [0.15, 0.2) is 17.1 Å². The first-order valence-electron chi connectivity index (χ1n) is 9.87. The molecule has 2 aliphatic rings. The third kappa shape index (κ3) is 3.51. The topological polar surface area (TPSA) is 64.0 Å². The van der Waals surface area contributed by atoms with Crippen LogP contribution in [-0.4, -0.2) is 62.9 Å². The van der Waals surface area contributed by atoms with Crippen molar-refractivity contribution in [1.29, 1.82) is 0 Å². The summed E-state index contributed by atoms with van der Waals surface area (Å²) in [5.41, 5.74) is 1.23. The highest BCUT2D eigenvalue weighted by molar-refractivity contribution is 5.96. The van der Waals surface area contributed by atoms with Gasteiger partial charge in [-0.25, -0.2) is 9.18 Å². The second kappa shape index (κ2) is 7.76. The number of esters is 1. The van der Waals surface area contributed by atoms with Crippen molar-refractivity contribution < 1.29 is 18.7 Å². The Morgan fingerprint density at radius 2 is 1.90 bits per heavy atom. The molecule has 0 amide bonds. The minimum Gasteiger partial charge on any atom is -0.465 e. The Hall–Kier alpha value is -2.45. The molecule has 1 aromatic carbocycles. The van der Waals surface area contributed by atoms with Gasteiger partial charge in [0, 0.05) is 56.5 Å². The van der Waals surface area contributed by atoms with E-state index in [2.05, 4.69) is 4.90 Å². The molecule has 1 aliphatic carbocycles. The summed E-state index contributed by atoms with van der Waals surface area (Å²) >= 11 is 0. The van der Waals surface area contributed by atoms with Gasteiger partial charge in [-0.15, -0.1) is 0 Å². The predicted molar refractivity (Wildman–Crippen MR) is 108 cm³/mol. The number of methoxy groups -OCH3 is 2. The summed E-state index contributed by atoms with van der Waals surface area (Å²) in [6.07, 6.45) is 3.47. The molecule has 0 N–H and O–H groups in total. The number of hydrogen-bond acceptors (Lipinski definition) is 6. The molecule has 1 aliphatic heterocycles. The zero-order valence-corrected chi connectivity index (χ0v) is 17.0. The Bertz CT molecular complexity index is 1010.